The maximum atomic E-state index is 10.8. The third-order valence-corrected chi connectivity index (χ3v) is 4.46. The van der Waals surface area contributed by atoms with Crippen LogP contribution in [0.2, 0.25) is 0 Å². The molecule has 0 aliphatic rings. The largest absolute Gasteiger partial charge is 0.238 e. The zero-order chi connectivity index (χ0) is 17.0. The molecule has 0 aromatic heterocycles. The monoisotopic (exact) mass is 342 g/mol. The van der Waals surface area contributed by atoms with Crippen LogP contribution in [0.25, 0.3) is 0 Å². The van der Waals surface area contributed by atoms with Gasteiger partial charge in [0.25, 0.3) is 0 Å². The molecule has 0 heterocycles. The van der Waals surface area contributed by atoms with E-state index in [4.69, 9.17) is 10.3 Å². The summed E-state index contributed by atoms with van der Waals surface area (Å²) in [6.45, 7) is 3.63. The Morgan fingerprint density at radius 2 is 1.00 bits per heavy atom. The van der Waals surface area contributed by atoms with Crippen LogP contribution in [0.3, 0.4) is 0 Å². The molecule has 0 aliphatic heterocycles. The summed E-state index contributed by atoms with van der Waals surface area (Å²) < 4.78 is 43.1. The molecule has 120 valence electrons. The normalized spacial score (nSPS) is 11.5. The van der Waals surface area contributed by atoms with E-state index >= 15 is 0 Å². The van der Waals surface area contributed by atoms with Crippen molar-refractivity contribution in [1.29, 1.82) is 0 Å². The van der Waals surface area contributed by atoms with Gasteiger partial charge in [-0.3, -0.25) is 0 Å². The number of hydrogen-bond donors (Lipinski definition) is 2. The van der Waals surface area contributed by atoms with Crippen molar-refractivity contribution in [3.8, 4) is 0 Å². The van der Waals surface area contributed by atoms with E-state index in [0.29, 0.717) is 0 Å². The first-order valence-corrected chi connectivity index (χ1v) is 9.28. The summed E-state index contributed by atoms with van der Waals surface area (Å²) in [5, 5.41) is 9.80. The molecule has 6 nitrogen and oxygen atoms in total. The van der Waals surface area contributed by atoms with E-state index in [0.717, 1.165) is 11.1 Å². The fraction of sp³-hybridized carbons (Fsp3) is 0.143. The molecule has 0 radical (unpaired) electrons. The van der Waals surface area contributed by atoms with Crippen LogP contribution < -0.4 is 10.3 Å². The van der Waals surface area contributed by atoms with E-state index in [9.17, 15) is 16.8 Å². The van der Waals surface area contributed by atoms with E-state index in [1.807, 2.05) is 26.0 Å². The van der Waals surface area contributed by atoms with Crippen molar-refractivity contribution < 1.29 is 16.8 Å². The summed E-state index contributed by atoms with van der Waals surface area (Å²) in [7, 11) is -7.05. The lowest BCUT2D eigenvalue weighted by molar-refractivity contribution is 0.596. The zero-order valence-electron chi connectivity index (χ0n) is 12.2. The Kier molecular flexibility index (Phi) is 5.84. The Morgan fingerprint density at radius 3 is 1.18 bits per heavy atom. The molecular weight excluding hydrogens is 324 g/mol. The first-order valence-electron chi connectivity index (χ1n) is 6.19. The summed E-state index contributed by atoms with van der Waals surface area (Å²) in [6, 6.07) is 13.0. The van der Waals surface area contributed by atoms with Gasteiger partial charge in [-0.25, -0.2) is 27.1 Å². The average Bonchev–Trinajstić information content (AvgIpc) is 2.37. The van der Waals surface area contributed by atoms with Crippen LogP contribution in [-0.4, -0.2) is 16.8 Å². The van der Waals surface area contributed by atoms with Crippen LogP contribution in [0.5, 0.6) is 0 Å². The first-order chi connectivity index (χ1) is 10.00. The molecular formula is C14H18N2O4S2. The Morgan fingerprint density at radius 1 is 0.682 bits per heavy atom. The number of benzene rings is 2. The third kappa shape index (κ3) is 5.94. The summed E-state index contributed by atoms with van der Waals surface area (Å²) in [4.78, 5) is 0.329. The molecule has 0 aliphatic carbocycles. The molecule has 0 amide bonds. The van der Waals surface area contributed by atoms with Crippen LogP contribution in [0.1, 0.15) is 11.1 Å². The third-order valence-electron chi connectivity index (χ3n) is 2.64. The fourth-order valence-electron chi connectivity index (χ4n) is 1.58. The number of rotatable bonds is 2. The fourth-order valence-corrected chi connectivity index (χ4v) is 2.82. The lowest BCUT2D eigenvalue weighted by atomic mass is 10.2. The minimum atomic E-state index is -3.53. The van der Waals surface area contributed by atoms with Gasteiger partial charge in [0.1, 0.15) is 0 Å². The summed E-state index contributed by atoms with van der Waals surface area (Å²) >= 11 is 0. The number of aryl methyl sites for hydroxylation is 2. The van der Waals surface area contributed by atoms with Crippen molar-refractivity contribution in [3.05, 3.63) is 59.7 Å². The highest BCUT2D eigenvalue weighted by Gasteiger charge is 2.06. The molecule has 0 fully saturated rings. The van der Waals surface area contributed by atoms with E-state index < -0.39 is 20.0 Å². The number of primary sulfonamides is 2. The Bertz CT molecular complexity index is 786. The predicted molar refractivity (Wildman–Crippen MR) is 85.1 cm³/mol. The minimum absolute atomic E-state index is 0.164. The highest BCUT2D eigenvalue weighted by atomic mass is 32.2. The molecule has 0 bridgehead atoms. The molecule has 2 aromatic carbocycles. The quantitative estimate of drug-likeness (QED) is 0.854. The van der Waals surface area contributed by atoms with Gasteiger partial charge in [0.15, 0.2) is 0 Å². The smallest absolute Gasteiger partial charge is 0.225 e. The van der Waals surface area contributed by atoms with Gasteiger partial charge < -0.3 is 0 Å². The molecule has 2 rings (SSSR count). The van der Waals surface area contributed by atoms with Crippen molar-refractivity contribution in [3.63, 3.8) is 0 Å². The Balaban J connectivity index is 0.000000220. The lowest BCUT2D eigenvalue weighted by Crippen LogP contribution is -2.11. The van der Waals surface area contributed by atoms with Crippen molar-refractivity contribution in [2.24, 2.45) is 10.3 Å². The molecule has 4 N–H and O–H groups in total. The maximum Gasteiger partial charge on any atom is 0.238 e. The van der Waals surface area contributed by atoms with E-state index in [-0.39, 0.29) is 9.79 Å². The molecule has 0 unspecified atom stereocenters. The van der Waals surface area contributed by atoms with Crippen molar-refractivity contribution >= 4 is 20.0 Å². The predicted octanol–water partition coefficient (Wildman–Crippen LogP) is 1.28. The number of hydrogen-bond acceptors (Lipinski definition) is 4. The minimum Gasteiger partial charge on any atom is -0.225 e. The van der Waals surface area contributed by atoms with Crippen LogP contribution in [-0.2, 0) is 20.0 Å². The first kappa shape index (κ1) is 18.3. The van der Waals surface area contributed by atoms with Gasteiger partial charge in [-0.15, -0.1) is 0 Å². The molecule has 0 saturated carbocycles. The second-order valence-corrected chi connectivity index (χ2v) is 7.85. The second-order valence-electron chi connectivity index (χ2n) is 4.72. The number of nitrogens with two attached hydrogens (primary N) is 2. The summed E-state index contributed by atoms with van der Waals surface area (Å²) in [5.74, 6) is 0. The van der Waals surface area contributed by atoms with Gasteiger partial charge in [0, 0.05) is 0 Å². The summed E-state index contributed by atoms with van der Waals surface area (Å²) in [5.41, 5.74) is 1.77. The SMILES string of the molecule is Cc1cccc(S(N)(=O)=O)c1.Cc1cccc(S(N)(=O)=O)c1. The summed E-state index contributed by atoms with van der Waals surface area (Å²) in [6.07, 6.45) is 0. The molecule has 0 atom stereocenters. The molecule has 8 heteroatoms. The second kappa shape index (κ2) is 7.01. The van der Waals surface area contributed by atoms with Crippen LogP contribution in [0.15, 0.2) is 58.3 Å². The Labute approximate surface area is 130 Å². The number of sulfonamides is 2. The van der Waals surface area contributed by atoms with Gasteiger partial charge in [0.05, 0.1) is 9.79 Å². The van der Waals surface area contributed by atoms with Gasteiger partial charge in [-0.1, -0.05) is 24.3 Å². The van der Waals surface area contributed by atoms with Crippen LogP contribution in [0.4, 0.5) is 0 Å². The van der Waals surface area contributed by atoms with Crippen molar-refractivity contribution in [2.75, 3.05) is 0 Å². The highest BCUT2D eigenvalue weighted by Crippen LogP contribution is 2.08. The molecule has 0 saturated heterocycles. The van der Waals surface area contributed by atoms with E-state index in [1.165, 1.54) is 24.3 Å². The van der Waals surface area contributed by atoms with Gasteiger partial charge in [-0.2, -0.15) is 0 Å². The topological polar surface area (TPSA) is 120 Å². The van der Waals surface area contributed by atoms with Crippen molar-refractivity contribution in [2.45, 2.75) is 23.6 Å². The lowest BCUT2D eigenvalue weighted by Gasteiger charge is -1.97. The van der Waals surface area contributed by atoms with Crippen LogP contribution >= 0.6 is 0 Å². The van der Waals surface area contributed by atoms with Crippen LogP contribution in [0, 0.1) is 13.8 Å². The highest BCUT2D eigenvalue weighted by molar-refractivity contribution is 7.89. The Hall–Kier alpha value is -1.74. The molecule has 22 heavy (non-hydrogen) atoms. The standard InChI is InChI=1S/2C7H9NO2S/c2*1-6-3-2-4-7(5-6)11(8,9)10/h2*2-5H,1H3,(H2,8,9,10). The molecule has 2 aromatic rings. The zero-order valence-corrected chi connectivity index (χ0v) is 13.9. The van der Waals surface area contributed by atoms with E-state index in [1.54, 1.807) is 12.1 Å². The van der Waals surface area contributed by atoms with Crippen molar-refractivity contribution in [1.82, 2.24) is 0 Å². The van der Waals surface area contributed by atoms with Gasteiger partial charge in [-0.05, 0) is 49.2 Å². The molecule has 0 spiro atoms. The van der Waals surface area contributed by atoms with E-state index in [2.05, 4.69) is 0 Å². The van der Waals surface area contributed by atoms with Gasteiger partial charge >= 0.3 is 0 Å². The van der Waals surface area contributed by atoms with Gasteiger partial charge in [0.2, 0.25) is 20.0 Å². The average molecular weight is 342 g/mol. The maximum absolute atomic E-state index is 10.8.